The summed E-state index contributed by atoms with van der Waals surface area (Å²) in [7, 11) is 0. The van der Waals surface area contributed by atoms with Gasteiger partial charge in [-0.2, -0.15) is 0 Å². The van der Waals surface area contributed by atoms with Crippen LogP contribution in [0.4, 0.5) is 5.82 Å². The van der Waals surface area contributed by atoms with Gasteiger partial charge in [0.2, 0.25) is 0 Å². The summed E-state index contributed by atoms with van der Waals surface area (Å²) in [5.74, 6) is 0.450. The number of nitrogens with two attached hydrogens (primary N) is 2. The van der Waals surface area contributed by atoms with Gasteiger partial charge in [0, 0.05) is 16.2 Å². The summed E-state index contributed by atoms with van der Waals surface area (Å²) in [5.41, 5.74) is 13.7. The number of nitrogens with zero attached hydrogens (tertiary/aromatic N) is 1. The molecule has 3 nitrogen and oxygen atoms in total. The summed E-state index contributed by atoms with van der Waals surface area (Å²) in [6.45, 7) is 0. The van der Waals surface area contributed by atoms with E-state index in [1.165, 1.54) is 0 Å². The second-order valence-electron chi connectivity index (χ2n) is 3.63. The van der Waals surface area contributed by atoms with Gasteiger partial charge in [0.15, 0.2) is 0 Å². The second kappa shape index (κ2) is 5.04. The van der Waals surface area contributed by atoms with E-state index in [9.17, 15) is 0 Å². The Labute approximate surface area is 113 Å². The Morgan fingerprint density at radius 1 is 1.29 bits per heavy atom. The van der Waals surface area contributed by atoms with E-state index in [1.807, 2.05) is 24.3 Å². The fourth-order valence-electron chi connectivity index (χ4n) is 1.58. The summed E-state index contributed by atoms with van der Waals surface area (Å²) < 4.78 is 0.814. The number of benzene rings is 1. The van der Waals surface area contributed by atoms with Crippen molar-refractivity contribution in [1.29, 1.82) is 0 Å². The van der Waals surface area contributed by atoms with Crippen molar-refractivity contribution in [3.63, 3.8) is 0 Å². The van der Waals surface area contributed by atoms with Crippen molar-refractivity contribution in [3.05, 3.63) is 57.2 Å². The van der Waals surface area contributed by atoms with E-state index in [0.717, 1.165) is 15.6 Å². The lowest BCUT2D eigenvalue weighted by atomic mass is 10.0. The maximum absolute atomic E-state index is 6.15. The van der Waals surface area contributed by atoms with Crippen LogP contribution >= 0.6 is 27.5 Å². The van der Waals surface area contributed by atoms with E-state index in [0.29, 0.717) is 10.8 Å². The Bertz CT molecular complexity index is 545. The van der Waals surface area contributed by atoms with Gasteiger partial charge in [-0.25, -0.2) is 4.98 Å². The molecule has 1 aromatic heterocycles. The molecule has 88 valence electrons. The fourth-order valence-corrected chi connectivity index (χ4v) is 2.09. The smallest absolute Gasteiger partial charge is 0.128 e. The molecule has 0 aliphatic carbocycles. The standard InChI is InChI=1S/C12H11BrClN3/c13-9-6-7(3-4-10(9)14)11(15)8-2-1-5-17-12(8)16/h1-6,11H,15H2,(H2,16,17). The van der Waals surface area contributed by atoms with Crippen LogP contribution in [0.15, 0.2) is 41.0 Å². The molecule has 2 rings (SSSR count). The summed E-state index contributed by atoms with van der Waals surface area (Å²) in [6, 6.07) is 8.94. The van der Waals surface area contributed by atoms with Crippen LogP contribution in [0.3, 0.4) is 0 Å². The predicted octanol–water partition coefficient (Wildman–Crippen LogP) is 3.13. The first-order valence-corrected chi connectivity index (χ1v) is 6.17. The van der Waals surface area contributed by atoms with Crippen LogP contribution in [0.2, 0.25) is 5.02 Å². The number of hydrogen-bond acceptors (Lipinski definition) is 3. The monoisotopic (exact) mass is 311 g/mol. The van der Waals surface area contributed by atoms with Crippen molar-refractivity contribution in [2.24, 2.45) is 5.73 Å². The van der Waals surface area contributed by atoms with Crippen molar-refractivity contribution in [3.8, 4) is 0 Å². The highest BCUT2D eigenvalue weighted by Crippen LogP contribution is 2.29. The lowest BCUT2D eigenvalue weighted by molar-refractivity contribution is 0.867. The first kappa shape index (κ1) is 12.4. The molecule has 17 heavy (non-hydrogen) atoms. The molecule has 0 bridgehead atoms. The molecule has 0 saturated carbocycles. The average molecular weight is 313 g/mol. The molecule has 0 aliphatic rings. The Hall–Kier alpha value is -1.10. The van der Waals surface area contributed by atoms with Gasteiger partial charge in [-0.05, 0) is 39.7 Å². The minimum Gasteiger partial charge on any atom is -0.383 e. The molecule has 0 spiro atoms. The topological polar surface area (TPSA) is 64.9 Å². The molecule has 1 aromatic carbocycles. The van der Waals surface area contributed by atoms with Crippen LogP contribution in [0.25, 0.3) is 0 Å². The van der Waals surface area contributed by atoms with Crippen LogP contribution in [0.5, 0.6) is 0 Å². The Balaban J connectivity index is 2.40. The molecule has 0 amide bonds. The summed E-state index contributed by atoms with van der Waals surface area (Å²) in [4.78, 5) is 4.03. The van der Waals surface area contributed by atoms with E-state index >= 15 is 0 Å². The van der Waals surface area contributed by atoms with Gasteiger partial charge in [-0.3, -0.25) is 0 Å². The minimum absolute atomic E-state index is 0.308. The molecule has 5 heteroatoms. The molecule has 2 aromatic rings. The lowest BCUT2D eigenvalue weighted by Crippen LogP contribution is -2.14. The number of rotatable bonds is 2. The van der Waals surface area contributed by atoms with Gasteiger partial charge >= 0.3 is 0 Å². The van der Waals surface area contributed by atoms with Gasteiger partial charge in [-0.15, -0.1) is 0 Å². The van der Waals surface area contributed by atoms with E-state index in [2.05, 4.69) is 20.9 Å². The zero-order valence-electron chi connectivity index (χ0n) is 8.90. The largest absolute Gasteiger partial charge is 0.383 e. The van der Waals surface area contributed by atoms with Gasteiger partial charge in [0.1, 0.15) is 5.82 Å². The maximum atomic E-state index is 6.15. The molecule has 0 aliphatic heterocycles. The molecular weight excluding hydrogens is 302 g/mol. The maximum Gasteiger partial charge on any atom is 0.128 e. The van der Waals surface area contributed by atoms with E-state index < -0.39 is 0 Å². The van der Waals surface area contributed by atoms with Gasteiger partial charge in [0.05, 0.1) is 11.1 Å². The number of pyridine rings is 1. The molecule has 1 atom stereocenters. The molecule has 1 unspecified atom stereocenters. The van der Waals surface area contributed by atoms with Crippen molar-refractivity contribution in [2.75, 3.05) is 5.73 Å². The minimum atomic E-state index is -0.308. The van der Waals surface area contributed by atoms with Gasteiger partial charge < -0.3 is 11.5 Å². The zero-order valence-corrected chi connectivity index (χ0v) is 11.2. The first-order chi connectivity index (χ1) is 8.09. The van der Waals surface area contributed by atoms with Gasteiger partial charge in [-0.1, -0.05) is 23.7 Å². The lowest BCUT2D eigenvalue weighted by Gasteiger charge is -2.14. The second-order valence-corrected chi connectivity index (χ2v) is 4.89. The molecule has 0 saturated heterocycles. The SMILES string of the molecule is Nc1ncccc1C(N)c1ccc(Cl)c(Br)c1. The van der Waals surface area contributed by atoms with Crippen molar-refractivity contribution < 1.29 is 0 Å². The number of hydrogen-bond donors (Lipinski definition) is 2. The van der Waals surface area contributed by atoms with Crippen LogP contribution in [0.1, 0.15) is 17.2 Å². The molecule has 4 N–H and O–H groups in total. The van der Waals surface area contributed by atoms with Crippen LogP contribution in [-0.2, 0) is 0 Å². The summed E-state index contributed by atoms with van der Waals surface area (Å²) in [6.07, 6.45) is 1.64. The highest BCUT2D eigenvalue weighted by atomic mass is 79.9. The highest BCUT2D eigenvalue weighted by Gasteiger charge is 2.13. The highest BCUT2D eigenvalue weighted by molar-refractivity contribution is 9.10. The molecular formula is C12H11BrClN3. The van der Waals surface area contributed by atoms with Crippen molar-refractivity contribution in [1.82, 2.24) is 4.98 Å². The van der Waals surface area contributed by atoms with Crippen molar-refractivity contribution >= 4 is 33.3 Å². The van der Waals surface area contributed by atoms with E-state index in [-0.39, 0.29) is 6.04 Å². The Morgan fingerprint density at radius 2 is 2.06 bits per heavy atom. The third kappa shape index (κ3) is 2.60. The predicted molar refractivity (Wildman–Crippen MR) is 73.8 cm³/mol. The fraction of sp³-hybridized carbons (Fsp3) is 0.0833. The summed E-state index contributed by atoms with van der Waals surface area (Å²) >= 11 is 9.31. The number of nitrogen functional groups attached to an aromatic ring is 1. The average Bonchev–Trinajstić information content (AvgIpc) is 2.32. The third-order valence-electron chi connectivity index (χ3n) is 2.51. The normalized spacial score (nSPS) is 12.4. The zero-order chi connectivity index (χ0) is 12.4. The number of anilines is 1. The van der Waals surface area contributed by atoms with Crippen LogP contribution < -0.4 is 11.5 Å². The first-order valence-electron chi connectivity index (χ1n) is 5.00. The quantitative estimate of drug-likeness (QED) is 0.895. The van der Waals surface area contributed by atoms with Crippen molar-refractivity contribution in [2.45, 2.75) is 6.04 Å². The number of aromatic nitrogens is 1. The van der Waals surface area contributed by atoms with E-state index in [4.69, 9.17) is 23.1 Å². The van der Waals surface area contributed by atoms with Crippen LogP contribution in [0, 0.1) is 0 Å². The van der Waals surface area contributed by atoms with Crippen LogP contribution in [-0.4, -0.2) is 4.98 Å². The third-order valence-corrected chi connectivity index (χ3v) is 3.72. The molecule has 1 heterocycles. The summed E-state index contributed by atoms with van der Waals surface area (Å²) in [5, 5.41) is 0.653. The molecule has 0 radical (unpaired) electrons. The van der Waals surface area contributed by atoms with E-state index in [1.54, 1.807) is 12.3 Å². The number of halogens is 2. The Morgan fingerprint density at radius 3 is 2.71 bits per heavy atom. The Kier molecular flexibility index (Phi) is 3.66. The van der Waals surface area contributed by atoms with Gasteiger partial charge in [0.25, 0.3) is 0 Å². The molecule has 0 fully saturated rings.